The Bertz CT molecular complexity index is 1350. The molecule has 4 unspecified atom stereocenters. The first-order valence-corrected chi connectivity index (χ1v) is 13.1. The van der Waals surface area contributed by atoms with Gasteiger partial charge in [0, 0.05) is 0 Å². The minimum absolute atomic E-state index is 0.156. The Morgan fingerprint density at radius 1 is 0.575 bits per heavy atom. The fraction of sp³-hybridized carbons (Fsp3) is 0.212. The van der Waals surface area contributed by atoms with Crippen molar-refractivity contribution in [1.29, 1.82) is 0 Å². The van der Waals surface area contributed by atoms with Crippen LogP contribution in [0.25, 0.3) is 0 Å². The quantitative estimate of drug-likeness (QED) is 0.230. The van der Waals surface area contributed by atoms with Gasteiger partial charge in [0.1, 0.15) is 18.8 Å². The Hall–Kier alpha value is -4.30. The summed E-state index contributed by atoms with van der Waals surface area (Å²) < 4.78 is 30.2. The van der Waals surface area contributed by atoms with Crippen LogP contribution in [0.1, 0.15) is 31.8 Å². The van der Waals surface area contributed by atoms with Gasteiger partial charge in [0.15, 0.2) is 12.4 Å². The topological polar surface area (TPSA) is 80.3 Å². The first kappa shape index (κ1) is 27.3. The van der Waals surface area contributed by atoms with Gasteiger partial charge in [-0.25, -0.2) is 9.59 Å². The molecule has 0 saturated carbocycles. The molecule has 0 aliphatic carbocycles. The van der Waals surface area contributed by atoms with Crippen molar-refractivity contribution in [1.82, 2.24) is 0 Å². The number of ether oxygens (including phenoxy) is 5. The monoisotopic (exact) mass is 538 g/mol. The summed E-state index contributed by atoms with van der Waals surface area (Å²) in [6, 6.07) is 36.7. The van der Waals surface area contributed by atoms with Crippen molar-refractivity contribution >= 4 is 11.9 Å². The van der Waals surface area contributed by atoms with Crippen LogP contribution in [0.3, 0.4) is 0 Å². The molecule has 1 fully saturated rings. The lowest BCUT2D eigenvalue weighted by Crippen LogP contribution is -2.41. The van der Waals surface area contributed by atoms with E-state index in [9.17, 15) is 9.59 Å². The Labute approximate surface area is 233 Å². The SMILES string of the molecule is O=C(OCC1OC(OCc2ccccc2)C(OCc2ccccc2)C1OC(=O)c1ccccc1)c1ccccc1. The van der Waals surface area contributed by atoms with E-state index in [0.717, 1.165) is 11.1 Å². The molecule has 0 bridgehead atoms. The fourth-order valence-electron chi connectivity index (χ4n) is 4.38. The molecule has 40 heavy (non-hydrogen) atoms. The van der Waals surface area contributed by atoms with Crippen molar-refractivity contribution in [2.24, 2.45) is 0 Å². The Kier molecular flexibility index (Phi) is 9.32. The molecule has 0 aromatic heterocycles. The molecule has 5 rings (SSSR count). The van der Waals surface area contributed by atoms with E-state index in [4.69, 9.17) is 23.7 Å². The molecule has 1 aliphatic rings. The summed E-state index contributed by atoms with van der Waals surface area (Å²) >= 11 is 0. The number of hydrogen-bond acceptors (Lipinski definition) is 7. The molecule has 7 nitrogen and oxygen atoms in total. The first-order valence-electron chi connectivity index (χ1n) is 13.1. The van der Waals surface area contributed by atoms with Crippen molar-refractivity contribution in [3.8, 4) is 0 Å². The van der Waals surface area contributed by atoms with Gasteiger partial charge in [0.2, 0.25) is 0 Å². The lowest BCUT2D eigenvalue weighted by atomic mass is 10.1. The fourth-order valence-corrected chi connectivity index (χ4v) is 4.38. The van der Waals surface area contributed by atoms with Gasteiger partial charge in [-0.3, -0.25) is 0 Å². The van der Waals surface area contributed by atoms with Crippen LogP contribution in [0.5, 0.6) is 0 Å². The molecule has 0 N–H and O–H groups in total. The van der Waals surface area contributed by atoms with Crippen LogP contribution in [0, 0.1) is 0 Å². The zero-order valence-corrected chi connectivity index (χ0v) is 21.8. The Morgan fingerprint density at radius 2 is 1.05 bits per heavy atom. The molecule has 0 spiro atoms. The van der Waals surface area contributed by atoms with Gasteiger partial charge in [0.05, 0.1) is 24.3 Å². The molecule has 7 heteroatoms. The molecular formula is C33H30O7. The van der Waals surface area contributed by atoms with Gasteiger partial charge in [-0.1, -0.05) is 97.1 Å². The zero-order valence-electron chi connectivity index (χ0n) is 21.8. The molecule has 1 aliphatic heterocycles. The van der Waals surface area contributed by atoms with E-state index >= 15 is 0 Å². The number of rotatable bonds is 11. The van der Waals surface area contributed by atoms with Crippen molar-refractivity contribution in [3.05, 3.63) is 144 Å². The Balaban J connectivity index is 1.37. The van der Waals surface area contributed by atoms with Gasteiger partial charge in [-0.05, 0) is 35.4 Å². The molecule has 0 amide bonds. The molecule has 0 radical (unpaired) electrons. The van der Waals surface area contributed by atoms with Crippen LogP contribution in [-0.4, -0.2) is 43.1 Å². The van der Waals surface area contributed by atoms with Gasteiger partial charge in [-0.2, -0.15) is 0 Å². The van der Waals surface area contributed by atoms with Crippen LogP contribution in [0.15, 0.2) is 121 Å². The number of carbonyl (C=O) groups excluding carboxylic acids is 2. The van der Waals surface area contributed by atoms with Crippen LogP contribution in [0.2, 0.25) is 0 Å². The smallest absolute Gasteiger partial charge is 0.338 e. The van der Waals surface area contributed by atoms with E-state index in [0.29, 0.717) is 11.1 Å². The van der Waals surface area contributed by atoms with Crippen molar-refractivity contribution in [2.45, 2.75) is 37.8 Å². The second-order valence-electron chi connectivity index (χ2n) is 9.30. The largest absolute Gasteiger partial charge is 0.459 e. The third-order valence-corrected chi connectivity index (χ3v) is 6.45. The maximum atomic E-state index is 13.1. The Morgan fingerprint density at radius 3 is 1.60 bits per heavy atom. The third kappa shape index (κ3) is 7.21. The molecule has 1 heterocycles. The average molecular weight is 539 g/mol. The predicted molar refractivity (Wildman–Crippen MR) is 147 cm³/mol. The number of carbonyl (C=O) groups is 2. The minimum Gasteiger partial charge on any atom is -0.459 e. The molecule has 4 aromatic carbocycles. The van der Waals surface area contributed by atoms with Gasteiger partial charge in [0.25, 0.3) is 0 Å². The normalized spacial score (nSPS) is 20.1. The van der Waals surface area contributed by atoms with Crippen LogP contribution in [-0.2, 0) is 36.9 Å². The van der Waals surface area contributed by atoms with E-state index < -0.39 is 36.5 Å². The van der Waals surface area contributed by atoms with E-state index in [1.165, 1.54) is 0 Å². The maximum Gasteiger partial charge on any atom is 0.338 e. The van der Waals surface area contributed by atoms with Gasteiger partial charge < -0.3 is 23.7 Å². The summed E-state index contributed by atoms with van der Waals surface area (Å²) in [7, 11) is 0. The highest BCUT2D eigenvalue weighted by Crippen LogP contribution is 2.30. The number of benzene rings is 4. The van der Waals surface area contributed by atoms with Crippen molar-refractivity contribution < 1.29 is 33.3 Å². The summed E-state index contributed by atoms with van der Waals surface area (Å²) in [4.78, 5) is 25.8. The second kappa shape index (κ2) is 13.7. The van der Waals surface area contributed by atoms with Crippen molar-refractivity contribution in [2.75, 3.05) is 6.61 Å². The molecule has 1 saturated heterocycles. The van der Waals surface area contributed by atoms with Gasteiger partial charge >= 0.3 is 11.9 Å². The summed E-state index contributed by atoms with van der Waals surface area (Å²) in [6.07, 6.45) is -3.38. The van der Waals surface area contributed by atoms with E-state index in [2.05, 4.69) is 0 Å². The predicted octanol–water partition coefficient (Wildman–Crippen LogP) is 5.60. The summed E-state index contributed by atoms with van der Waals surface area (Å²) in [6.45, 7) is 0.347. The minimum atomic E-state index is -0.902. The standard InChI is InChI=1S/C33H30O7/c34-31(26-17-9-3-10-18-26)37-23-28-29(40-32(35)27-19-11-4-12-20-27)30(36-21-24-13-5-1-6-14-24)33(39-28)38-22-25-15-7-2-8-16-25/h1-20,28-30,33H,21-23H2. The molecule has 204 valence electrons. The maximum absolute atomic E-state index is 13.1. The van der Waals surface area contributed by atoms with Crippen molar-refractivity contribution in [3.63, 3.8) is 0 Å². The first-order chi connectivity index (χ1) is 19.7. The summed E-state index contributed by atoms with van der Waals surface area (Å²) in [5.41, 5.74) is 2.69. The second-order valence-corrected chi connectivity index (χ2v) is 9.30. The third-order valence-electron chi connectivity index (χ3n) is 6.45. The number of esters is 2. The van der Waals surface area contributed by atoms with Crippen LogP contribution < -0.4 is 0 Å². The van der Waals surface area contributed by atoms with Crippen LogP contribution >= 0.6 is 0 Å². The summed E-state index contributed by atoms with van der Waals surface area (Å²) in [5.74, 6) is -1.04. The van der Waals surface area contributed by atoms with E-state index in [1.54, 1.807) is 48.5 Å². The molecular weight excluding hydrogens is 508 g/mol. The average Bonchev–Trinajstić information content (AvgIpc) is 3.35. The van der Waals surface area contributed by atoms with Crippen LogP contribution in [0.4, 0.5) is 0 Å². The highest BCUT2D eigenvalue weighted by Gasteiger charge is 2.49. The summed E-state index contributed by atoms with van der Waals surface area (Å²) in [5, 5.41) is 0. The number of hydrogen-bond donors (Lipinski definition) is 0. The molecule has 4 aromatic rings. The van der Waals surface area contributed by atoms with Gasteiger partial charge in [-0.15, -0.1) is 0 Å². The lowest BCUT2D eigenvalue weighted by molar-refractivity contribution is -0.188. The molecule has 4 atom stereocenters. The highest BCUT2D eigenvalue weighted by atomic mass is 16.7. The highest BCUT2D eigenvalue weighted by molar-refractivity contribution is 5.90. The lowest BCUT2D eigenvalue weighted by Gasteiger charge is -2.24. The van der Waals surface area contributed by atoms with E-state index in [-0.39, 0.29) is 19.8 Å². The zero-order chi connectivity index (χ0) is 27.6. The van der Waals surface area contributed by atoms with E-state index in [1.807, 2.05) is 72.8 Å².